The number of urea groups is 1. The van der Waals surface area contributed by atoms with Gasteiger partial charge in [0.25, 0.3) is 5.91 Å². The Kier molecular flexibility index (Phi) is 4.30. The van der Waals surface area contributed by atoms with Crippen LogP contribution >= 0.6 is 15.9 Å². The van der Waals surface area contributed by atoms with Gasteiger partial charge in [-0.05, 0) is 40.2 Å². The molecule has 2 N–H and O–H groups in total. The lowest BCUT2D eigenvalue weighted by Crippen LogP contribution is -2.34. The molecule has 2 rings (SSSR count). The number of nitrogens with one attached hydrogen (secondary N) is 2. The third-order valence-electron chi connectivity index (χ3n) is 2.39. The Morgan fingerprint density at radius 3 is 2.21 bits per heavy atom. The first-order valence-electron chi connectivity index (χ1n) is 5.59. The van der Waals surface area contributed by atoms with Crippen LogP contribution in [0.1, 0.15) is 10.4 Å². The summed E-state index contributed by atoms with van der Waals surface area (Å²) in [6.45, 7) is 0. The number of halogens is 1. The lowest BCUT2D eigenvalue weighted by atomic mass is 10.2. The first-order chi connectivity index (χ1) is 9.16. The summed E-state index contributed by atoms with van der Waals surface area (Å²) >= 11 is 3.31. The van der Waals surface area contributed by atoms with Crippen LogP contribution in [-0.4, -0.2) is 11.9 Å². The monoisotopic (exact) mass is 318 g/mol. The molecule has 19 heavy (non-hydrogen) atoms. The average molecular weight is 319 g/mol. The first kappa shape index (κ1) is 13.3. The van der Waals surface area contributed by atoms with Crippen LogP contribution in [0.3, 0.4) is 0 Å². The van der Waals surface area contributed by atoms with Gasteiger partial charge in [0.1, 0.15) is 0 Å². The van der Waals surface area contributed by atoms with Crippen molar-refractivity contribution in [3.63, 3.8) is 0 Å². The van der Waals surface area contributed by atoms with Crippen LogP contribution in [0.5, 0.6) is 0 Å². The van der Waals surface area contributed by atoms with Gasteiger partial charge in [0.15, 0.2) is 0 Å². The molecule has 0 aliphatic heterocycles. The fourth-order valence-corrected chi connectivity index (χ4v) is 1.86. The van der Waals surface area contributed by atoms with E-state index in [4.69, 9.17) is 0 Å². The molecular formula is C14H11BrN2O2. The molecule has 0 unspecified atom stereocenters. The molecule has 0 heterocycles. The molecule has 0 atom stereocenters. The van der Waals surface area contributed by atoms with Gasteiger partial charge in [-0.25, -0.2) is 4.79 Å². The van der Waals surface area contributed by atoms with Gasteiger partial charge in [0.05, 0.1) is 5.69 Å². The molecule has 0 bridgehead atoms. The number of para-hydroxylation sites is 1. The molecule has 96 valence electrons. The number of hydrogen-bond acceptors (Lipinski definition) is 2. The minimum atomic E-state index is -0.569. The fourth-order valence-electron chi connectivity index (χ4n) is 1.48. The van der Waals surface area contributed by atoms with E-state index in [2.05, 4.69) is 26.6 Å². The SMILES string of the molecule is O=C(NC(=O)c1ccccc1)Nc1ccccc1Br. The molecule has 0 spiro atoms. The second-order valence-corrected chi connectivity index (χ2v) is 4.61. The third kappa shape index (κ3) is 3.66. The van der Waals surface area contributed by atoms with E-state index in [-0.39, 0.29) is 0 Å². The zero-order valence-corrected chi connectivity index (χ0v) is 11.5. The predicted octanol–water partition coefficient (Wildman–Crippen LogP) is 3.41. The molecule has 0 aliphatic carbocycles. The van der Waals surface area contributed by atoms with Crippen molar-refractivity contribution in [1.82, 2.24) is 5.32 Å². The smallest absolute Gasteiger partial charge is 0.307 e. The van der Waals surface area contributed by atoms with E-state index in [1.54, 1.807) is 48.5 Å². The number of hydrogen-bond donors (Lipinski definition) is 2. The molecular weight excluding hydrogens is 308 g/mol. The van der Waals surface area contributed by atoms with Crippen molar-refractivity contribution in [2.75, 3.05) is 5.32 Å². The molecule has 0 saturated heterocycles. The second kappa shape index (κ2) is 6.15. The number of benzene rings is 2. The number of carbonyl (C=O) groups is 2. The standard InChI is InChI=1S/C14H11BrN2O2/c15-11-8-4-5-9-12(11)16-14(19)17-13(18)10-6-2-1-3-7-10/h1-9H,(H2,16,17,18,19). The highest BCUT2D eigenvalue weighted by atomic mass is 79.9. The predicted molar refractivity (Wildman–Crippen MR) is 77.1 cm³/mol. The number of amides is 3. The van der Waals surface area contributed by atoms with Gasteiger partial charge in [0, 0.05) is 10.0 Å². The van der Waals surface area contributed by atoms with Gasteiger partial charge < -0.3 is 5.32 Å². The van der Waals surface area contributed by atoms with E-state index in [1.807, 2.05) is 6.07 Å². The van der Waals surface area contributed by atoms with E-state index in [0.29, 0.717) is 11.3 Å². The van der Waals surface area contributed by atoms with Crippen molar-refractivity contribution >= 4 is 33.6 Å². The molecule has 2 aromatic rings. The van der Waals surface area contributed by atoms with Crippen LogP contribution in [0.2, 0.25) is 0 Å². The minimum absolute atomic E-state index is 0.435. The van der Waals surface area contributed by atoms with Crippen molar-refractivity contribution in [1.29, 1.82) is 0 Å². The Morgan fingerprint density at radius 1 is 0.895 bits per heavy atom. The van der Waals surface area contributed by atoms with E-state index in [1.165, 1.54) is 0 Å². The van der Waals surface area contributed by atoms with Crippen LogP contribution in [-0.2, 0) is 0 Å². The Balaban J connectivity index is 1.99. The Morgan fingerprint density at radius 2 is 1.53 bits per heavy atom. The lowest BCUT2D eigenvalue weighted by molar-refractivity contribution is 0.0967. The maximum Gasteiger partial charge on any atom is 0.326 e. The van der Waals surface area contributed by atoms with E-state index in [9.17, 15) is 9.59 Å². The van der Waals surface area contributed by atoms with Gasteiger partial charge >= 0.3 is 6.03 Å². The summed E-state index contributed by atoms with van der Waals surface area (Å²) in [6, 6.07) is 15.1. The molecule has 2 aromatic carbocycles. The van der Waals surface area contributed by atoms with Crippen LogP contribution in [0, 0.1) is 0 Å². The lowest BCUT2D eigenvalue weighted by Gasteiger charge is -2.08. The van der Waals surface area contributed by atoms with Gasteiger partial charge in [-0.15, -0.1) is 0 Å². The highest BCUT2D eigenvalue weighted by molar-refractivity contribution is 9.10. The van der Waals surface area contributed by atoms with Crippen LogP contribution in [0.25, 0.3) is 0 Å². The van der Waals surface area contributed by atoms with E-state index < -0.39 is 11.9 Å². The zero-order valence-electron chi connectivity index (χ0n) is 9.89. The summed E-state index contributed by atoms with van der Waals surface area (Å²) in [4.78, 5) is 23.4. The first-order valence-corrected chi connectivity index (χ1v) is 6.38. The highest BCUT2D eigenvalue weighted by Crippen LogP contribution is 2.20. The maximum absolute atomic E-state index is 11.7. The quantitative estimate of drug-likeness (QED) is 0.891. The molecule has 5 heteroatoms. The molecule has 0 aromatic heterocycles. The van der Waals surface area contributed by atoms with Crippen molar-refractivity contribution in [3.8, 4) is 0 Å². The van der Waals surface area contributed by atoms with Crippen molar-refractivity contribution in [3.05, 3.63) is 64.6 Å². The molecule has 0 radical (unpaired) electrons. The van der Waals surface area contributed by atoms with Crippen molar-refractivity contribution in [2.24, 2.45) is 0 Å². The van der Waals surface area contributed by atoms with Crippen molar-refractivity contribution < 1.29 is 9.59 Å². The Bertz CT molecular complexity index is 599. The number of imide groups is 1. The molecule has 0 saturated carbocycles. The summed E-state index contributed by atoms with van der Waals surface area (Å²) < 4.78 is 0.748. The normalized spacial score (nSPS) is 9.74. The summed E-state index contributed by atoms with van der Waals surface area (Å²) in [7, 11) is 0. The Hall–Kier alpha value is -2.14. The molecule has 0 aliphatic rings. The van der Waals surface area contributed by atoms with Gasteiger partial charge in [0.2, 0.25) is 0 Å². The van der Waals surface area contributed by atoms with Crippen LogP contribution in [0.4, 0.5) is 10.5 Å². The number of anilines is 1. The van der Waals surface area contributed by atoms with Gasteiger partial charge in [-0.3, -0.25) is 10.1 Å². The third-order valence-corrected chi connectivity index (χ3v) is 3.08. The molecule has 0 fully saturated rings. The minimum Gasteiger partial charge on any atom is -0.307 e. The van der Waals surface area contributed by atoms with Crippen LogP contribution in [0.15, 0.2) is 59.1 Å². The number of carbonyl (C=O) groups excluding carboxylic acids is 2. The second-order valence-electron chi connectivity index (χ2n) is 3.75. The maximum atomic E-state index is 11.7. The largest absolute Gasteiger partial charge is 0.326 e. The molecule has 4 nitrogen and oxygen atoms in total. The number of rotatable bonds is 2. The van der Waals surface area contributed by atoms with Crippen LogP contribution < -0.4 is 10.6 Å². The fraction of sp³-hybridized carbons (Fsp3) is 0. The Labute approximate surface area is 119 Å². The van der Waals surface area contributed by atoms with Crippen molar-refractivity contribution in [2.45, 2.75) is 0 Å². The van der Waals surface area contributed by atoms with E-state index in [0.717, 1.165) is 4.47 Å². The average Bonchev–Trinajstić information content (AvgIpc) is 2.42. The zero-order chi connectivity index (χ0) is 13.7. The van der Waals surface area contributed by atoms with Gasteiger partial charge in [-0.2, -0.15) is 0 Å². The highest BCUT2D eigenvalue weighted by Gasteiger charge is 2.10. The summed E-state index contributed by atoms with van der Waals surface area (Å²) in [5.41, 5.74) is 1.03. The molecule has 3 amide bonds. The van der Waals surface area contributed by atoms with Gasteiger partial charge in [-0.1, -0.05) is 30.3 Å². The summed E-state index contributed by atoms with van der Waals surface area (Å²) in [5, 5.41) is 4.86. The summed E-state index contributed by atoms with van der Waals surface area (Å²) in [5.74, 6) is -0.440. The van der Waals surface area contributed by atoms with E-state index >= 15 is 0 Å². The topological polar surface area (TPSA) is 58.2 Å². The summed E-state index contributed by atoms with van der Waals surface area (Å²) in [6.07, 6.45) is 0.